The van der Waals surface area contributed by atoms with Gasteiger partial charge in [0.15, 0.2) is 5.69 Å². The number of aromatic nitrogens is 4. The first kappa shape index (κ1) is 26.1. The number of nitrogens with one attached hydrogen (secondary N) is 1. The van der Waals surface area contributed by atoms with Gasteiger partial charge in [-0.15, -0.1) is 0 Å². The lowest BCUT2D eigenvalue weighted by Crippen LogP contribution is -2.38. The van der Waals surface area contributed by atoms with Crippen LogP contribution in [-0.4, -0.2) is 25.7 Å². The van der Waals surface area contributed by atoms with Gasteiger partial charge in [-0.05, 0) is 19.9 Å². The summed E-state index contributed by atoms with van der Waals surface area (Å²) in [7, 11) is 0. The molecule has 35 heavy (non-hydrogen) atoms. The standard InChI is InChI=1S/C20H12Cl2F5N5O3/c1-8-12(17(33)31-9(2)30-8)6-32-7-29-16(19(23,24)20(25,26)27)15(18(32)34)35-13-4-11(21)3-10(5-28)14(13)22/h3-4,7H,6H2,1-2H3,(H,30,31,33). The summed E-state index contributed by atoms with van der Waals surface area (Å²) in [4.78, 5) is 34.9. The lowest BCUT2D eigenvalue weighted by atomic mass is 10.2. The number of ether oxygens (including phenoxy) is 1. The zero-order valence-electron chi connectivity index (χ0n) is 17.6. The SMILES string of the molecule is Cc1nc(C)c(Cn2cnc(C(F)(F)C(F)(F)F)c(Oc3cc(Cl)cc(C#N)c3Cl)c2=O)c(=O)[nH]1. The van der Waals surface area contributed by atoms with Crippen LogP contribution in [0.3, 0.4) is 0 Å². The number of aromatic amines is 1. The predicted molar refractivity (Wildman–Crippen MR) is 113 cm³/mol. The minimum Gasteiger partial charge on any atom is -0.448 e. The fraction of sp³-hybridized carbons (Fsp3) is 0.250. The minimum absolute atomic E-state index is 0.0756. The van der Waals surface area contributed by atoms with E-state index < -0.39 is 52.0 Å². The van der Waals surface area contributed by atoms with Crippen LogP contribution in [0.1, 0.15) is 28.3 Å². The van der Waals surface area contributed by atoms with E-state index in [4.69, 9.17) is 33.2 Å². The molecular formula is C20H12Cl2F5N5O3. The predicted octanol–water partition coefficient (Wildman–Crippen LogP) is 4.62. The summed E-state index contributed by atoms with van der Waals surface area (Å²) in [5, 5.41) is 8.45. The molecule has 3 rings (SSSR count). The Morgan fingerprint density at radius 3 is 2.40 bits per heavy atom. The van der Waals surface area contributed by atoms with E-state index in [1.807, 2.05) is 0 Å². The Hall–Kier alpha value is -3.50. The average Bonchev–Trinajstić information content (AvgIpc) is 2.74. The van der Waals surface area contributed by atoms with Crippen LogP contribution in [0.25, 0.3) is 0 Å². The summed E-state index contributed by atoms with van der Waals surface area (Å²) in [6.45, 7) is 2.35. The molecule has 0 aliphatic heterocycles. The molecular weight excluding hydrogens is 524 g/mol. The van der Waals surface area contributed by atoms with Gasteiger partial charge < -0.3 is 9.72 Å². The molecule has 0 saturated heterocycles. The summed E-state index contributed by atoms with van der Waals surface area (Å²) in [5.41, 5.74) is -4.39. The Kier molecular flexibility index (Phi) is 6.92. The molecule has 0 spiro atoms. The molecule has 0 radical (unpaired) electrons. The van der Waals surface area contributed by atoms with Crippen molar-refractivity contribution in [1.82, 2.24) is 19.5 Å². The molecule has 2 aromatic heterocycles. The van der Waals surface area contributed by atoms with Gasteiger partial charge in [0.2, 0.25) is 5.75 Å². The highest BCUT2D eigenvalue weighted by atomic mass is 35.5. The van der Waals surface area contributed by atoms with Crippen molar-refractivity contribution in [3.8, 4) is 17.6 Å². The van der Waals surface area contributed by atoms with Crippen molar-refractivity contribution in [2.24, 2.45) is 0 Å². The lowest BCUT2D eigenvalue weighted by molar-refractivity contribution is -0.291. The first-order valence-corrected chi connectivity index (χ1v) is 10.1. The maximum Gasteiger partial charge on any atom is 0.459 e. The highest BCUT2D eigenvalue weighted by Gasteiger charge is 2.62. The third kappa shape index (κ3) is 4.98. The van der Waals surface area contributed by atoms with E-state index in [0.717, 1.165) is 12.1 Å². The smallest absolute Gasteiger partial charge is 0.448 e. The van der Waals surface area contributed by atoms with Crippen molar-refractivity contribution in [3.63, 3.8) is 0 Å². The Balaban J connectivity index is 2.26. The molecule has 1 N–H and O–H groups in total. The Morgan fingerprint density at radius 2 is 1.83 bits per heavy atom. The lowest BCUT2D eigenvalue weighted by Gasteiger charge is -2.22. The largest absolute Gasteiger partial charge is 0.459 e. The molecule has 0 saturated carbocycles. The number of rotatable bonds is 5. The average molecular weight is 536 g/mol. The van der Waals surface area contributed by atoms with Gasteiger partial charge in [-0.1, -0.05) is 23.2 Å². The Labute approximate surface area is 202 Å². The number of nitrogens with zero attached hydrogens (tertiary/aromatic N) is 4. The molecule has 0 atom stereocenters. The third-order valence-corrected chi connectivity index (χ3v) is 5.26. The van der Waals surface area contributed by atoms with Crippen LogP contribution in [0.4, 0.5) is 22.0 Å². The van der Waals surface area contributed by atoms with E-state index in [1.165, 1.54) is 13.8 Å². The maximum atomic E-state index is 14.3. The van der Waals surface area contributed by atoms with E-state index in [2.05, 4.69) is 15.0 Å². The molecule has 0 bridgehead atoms. The first-order valence-electron chi connectivity index (χ1n) is 9.35. The molecule has 1 aromatic carbocycles. The molecule has 0 aliphatic carbocycles. The number of alkyl halides is 5. The van der Waals surface area contributed by atoms with Gasteiger partial charge in [-0.3, -0.25) is 14.2 Å². The molecule has 15 heteroatoms. The summed E-state index contributed by atoms with van der Waals surface area (Å²) >= 11 is 11.8. The molecule has 3 aromatic rings. The van der Waals surface area contributed by atoms with E-state index in [9.17, 15) is 31.5 Å². The van der Waals surface area contributed by atoms with Gasteiger partial charge in [-0.2, -0.15) is 27.2 Å². The molecule has 0 amide bonds. The highest BCUT2D eigenvalue weighted by molar-refractivity contribution is 6.35. The van der Waals surface area contributed by atoms with Gasteiger partial charge in [0.05, 0.1) is 24.0 Å². The highest BCUT2D eigenvalue weighted by Crippen LogP contribution is 2.46. The van der Waals surface area contributed by atoms with Gasteiger partial charge in [0.1, 0.15) is 22.7 Å². The van der Waals surface area contributed by atoms with Crippen molar-refractivity contribution in [2.45, 2.75) is 32.5 Å². The molecule has 184 valence electrons. The van der Waals surface area contributed by atoms with Crippen LogP contribution in [0.2, 0.25) is 10.0 Å². The number of halogens is 7. The molecule has 2 heterocycles. The second-order valence-electron chi connectivity index (χ2n) is 7.12. The van der Waals surface area contributed by atoms with Crippen LogP contribution in [0.15, 0.2) is 28.0 Å². The normalized spacial score (nSPS) is 11.9. The van der Waals surface area contributed by atoms with Crippen molar-refractivity contribution in [3.05, 3.63) is 77.6 Å². The number of hydrogen-bond donors (Lipinski definition) is 1. The van der Waals surface area contributed by atoms with Crippen molar-refractivity contribution < 1.29 is 26.7 Å². The van der Waals surface area contributed by atoms with Crippen LogP contribution in [0.5, 0.6) is 11.5 Å². The summed E-state index contributed by atoms with van der Waals surface area (Å²) in [6.07, 6.45) is -5.72. The number of benzene rings is 1. The second kappa shape index (κ2) is 9.27. The topological polar surface area (TPSA) is 114 Å². The van der Waals surface area contributed by atoms with E-state index >= 15 is 0 Å². The van der Waals surface area contributed by atoms with E-state index in [1.54, 1.807) is 6.07 Å². The zero-order valence-corrected chi connectivity index (χ0v) is 19.1. The van der Waals surface area contributed by atoms with Crippen molar-refractivity contribution in [2.75, 3.05) is 0 Å². The van der Waals surface area contributed by atoms with Crippen LogP contribution in [0, 0.1) is 25.2 Å². The Morgan fingerprint density at radius 1 is 1.17 bits per heavy atom. The second-order valence-corrected chi connectivity index (χ2v) is 7.94. The first-order chi connectivity index (χ1) is 16.2. The number of aryl methyl sites for hydroxylation is 2. The number of nitriles is 1. The minimum atomic E-state index is -6.14. The van der Waals surface area contributed by atoms with Crippen molar-refractivity contribution in [1.29, 1.82) is 5.26 Å². The number of H-pyrrole nitrogens is 1. The molecule has 0 unspecified atom stereocenters. The van der Waals surface area contributed by atoms with Gasteiger partial charge in [-0.25, -0.2) is 9.97 Å². The van der Waals surface area contributed by atoms with E-state index in [0.29, 0.717) is 10.9 Å². The monoisotopic (exact) mass is 535 g/mol. The zero-order chi connectivity index (χ0) is 26.3. The van der Waals surface area contributed by atoms with Gasteiger partial charge in [0, 0.05) is 16.8 Å². The fourth-order valence-electron chi connectivity index (χ4n) is 2.97. The van der Waals surface area contributed by atoms with E-state index in [-0.39, 0.29) is 27.7 Å². The molecule has 0 aliphatic rings. The molecule has 8 nitrogen and oxygen atoms in total. The summed E-state index contributed by atoms with van der Waals surface area (Å²) < 4.78 is 73.6. The molecule has 0 fully saturated rings. The Bertz CT molecular complexity index is 1480. The van der Waals surface area contributed by atoms with Crippen LogP contribution < -0.4 is 15.9 Å². The maximum absolute atomic E-state index is 14.3. The van der Waals surface area contributed by atoms with Gasteiger partial charge in [0.25, 0.3) is 11.1 Å². The third-order valence-electron chi connectivity index (χ3n) is 4.66. The quantitative estimate of drug-likeness (QED) is 0.477. The van der Waals surface area contributed by atoms with Gasteiger partial charge >= 0.3 is 12.1 Å². The summed E-state index contributed by atoms with van der Waals surface area (Å²) in [6, 6.07) is 3.64. The summed E-state index contributed by atoms with van der Waals surface area (Å²) in [5.74, 6) is -7.52. The van der Waals surface area contributed by atoms with Crippen molar-refractivity contribution >= 4 is 23.2 Å². The van der Waals surface area contributed by atoms with Crippen LogP contribution >= 0.6 is 23.2 Å². The van der Waals surface area contributed by atoms with Crippen LogP contribution in [-0.2, 0) is 12.5 Å². The fourth-order valence-corrected chi connectivity index (χ4v) is 3.37. The number of hydrogen-bond acceptors (Lipinski definition) is 6.